The second-order valence-electron chi connectivity index (χ2n) is 1.87. The maximum Gasteiger partial charge on any atom is 0.0414 e. The Balaban J connectivity index is 2.13. The van der Waals surface area contributed by atoms with Gasteiger partial charge in [-0.1, -0.05) is 0 Å². The van der Waals surface area contributed by atoms with Gasteiger partial charge in [-0.3, -0.25) is 4.90 Å². The number of nitrogens with zero attached hydrogens (tertiary/aromatic N) is 1. The number of hydrogen-bond donors (Lipinski definition) is 1. The summed E-state index contributed by atoms with van der Waals surface area (Å²) in [4.78, 5) is 2.36. The van der Waals surface area contributed by atoms with E-state index >= 15 is 0 Å². The molecule has 0 saturated carbocycles. The highest BCUT2D eigenvalue weighted by Crippen LogP contribution is 2.08. The van der Waals surface area contributed by atoms with E-state index in [4.69, 9.17) is 0 Å². The third kappa shape index (κ3) is 1.88. The zero-order chi connectivity index (χ0) is 5.82. The normalized spacial score (nSPS) is 23.6. The highest BCUT2D eigenvalue weighted by atomic mass is 32.2. The average Bonchev–Trinajstić information content (AvgIpc) is 1.90. The number of thioether (sulfide) groups is 1. The van der Waals surface area contributed by atoms with Gasteiger partial charge in [-0.05, 0) is 0 Å². The van der Waals surface area contributed by atoms with Crippen LogP contribution in [0.25, 0.3) is 0 Å². The Labute approximate surface area is 60.2 Å². The molecule has 0 N–H and O–H groups in total. The summed E-state index contributed by atoms with van der Waals surface area (Å²) < 4.78 is 0. The van der Waals surface area contributed by atoms with E-state index in [1.165, 1.54) is 24.6 Å². The highest BCUT2D eigenvalue weighted by molar-refractivity contribution is 7.99. The van der Waals surface area contributed by atoms with Crippen molar-refractivity contribution in [3.05, 3.63) is 0 Å². The van der Waals surface area contributed by atoms with Crippen molar-refractivity contribution in [1.29, 1.82) is 0 Å². The molecule has 8 heavy (non-hydrogen) atoms. The fraction of sp³-hybridized carbons (Fsp3) is 1.00. The van der Waals surface area contributed by atoms with E-state index in [1.54, 1.807) is 0 Å². The summed E-state index contributed by atoms with van der Waals surface area (Å²) in [5.41, 5.74) is 0. The van der Waals surface area contributed by atoms with Gasteiger partial charge in [0.05, 0.1) is 0 Å². The Kier molecular flexibility index (Phi) is 3.08. The minimum atomic E-state index is 0.931. The molecule has 48 valence electrons. The van der Waals surface area contributed by atoms with Gasteiger partial charge in [-0.2, -0.15) is 24.4 Å². The molecular weight excluding hydrogens is 138 g/mol. The molecule has 0 spiro atoms. The molecule has 1 heterocycles. The summed E-state index contributed by atoms with van der Waals surface area (Å²) >= 11 is 6.22. The Hall–Kier alpha value is 0.660. The van der Waals surface area contributed by atoms with Crippen LogP contribution < -0.4 is 0 Å². The molecule has 0 unspecified atom stereocenters. The van der Waals surface area contributed by atoms with E-state index in [0.717, 1.165) is 5.88 Å². The van der Waals surface area contributed by atoms with Gasteiger partial charge in [0.25, 0.3) is 0 Å². The van der Waals surface area contributed by atoms with Crippen LogP contribution in [0.15, 0.2) is 0 Å². The molecule has 1 aliphatic rings. The van der Waals surface area contributed by atoms with Crippen LogP contribution in [0.5, 0.6) is 0 Å². The third-order valence-corrected chi connectivity index (χ3v) is 2.65. The van der Waals surface area contributed by atoms with E-state index in [-0.39, 0.29) is 0 Å². The van der Waals surface area contributed by atoms with Crippen molar-refractivity contribution >= 4 is 24.4 Å². The van der Waals surface area contributed by atoms with E-state index in [1.807, 2.05) is 11.8 Å². The minimum Gasteiger partial charge on any atom is -0.293 e. The van der Waals surface area contributed by atoms with Gasteiger partial charge in [-0.25, -0.2) is 0 Å². The van der Waals surface area contributed by atoms with Crippen LogP contribution in [0.3, 0.4) is 0 Å². The molecule has 1 fully saturated rings. The zero-order valence-electron chi connectivity index (χ0n) is 4.84. The van der Waals surface area contributed by atoms with Crippen LogP contribution >= 0.6 is 24.4 Å². The van der Waals surface area contributed by atoms with E-state index in [2.05, 4.69) is 17.5 Å². The Bertz CT molecular complexity index is 61.4. The molecule has 0 bridgehead atoms. The van der Waals surface area contributed by atoms with Gasteiger partial charge in [-0.15, -0.1) is 0 Å². The number of hydrogen-bond acceptors (Lipinski definition) is 3. The average molecular weight is 149 g/mol. The summed E-state index contributed by atoms with van der Waals surface area (Å²) in [7, 11) is 0. The lowest BCUT2D eigenvalue weighted by Gasteiger charge is -2.23. The number of rotatable bonds is 1. The molecule has 0 aromatic heterocycles. The predicted molar refractivity (Wildman–Crippen MR) is 42.8 cm³/mol. The smallest absolute Gasteiger partial charge is 0.0414 e. The molecule has 0 amide bonds. The molecule has 1 nitrogen and oxygen atoms in total. The summed E-state index contributed by atoms with van der Waals surface area (Å²) in [5, 5.41) is 0. The molecular formula is C5H11NS2. The van der Waals surface area contributed by atoms with Crippen LogP contribution in [-0.2, 0) is 0 Å². The van der Waals surface area contributed by atoms with Crippen LogP contribution in [-0.4, -0.2) is 35.4 Å². The maximum absolute atomic E-state index is 4.18. The van der Waals surface area contributed by atoms with Gasteiger partial charge in [0, 0.05) is 30.5 Å². The quantitative estimate of drug-likeness (QED) is 0.552. The molecule has 0 aromatic rings. The largest absolute Gasteiger partial charge is 0.293 e. The highest BCUT2D eigenvalue weighted by Gasteiger charge is 2.06. The van der Waals surface area contributed by atoms with Crippen molar-refractivity contribution in [3.8, 4) is 0 Å². The third-order valence-electron chi connectivity index (χ3n) is 1.30. The molecule has 1 saturated heterocycles. The van der Waals surface area contributed by atoms with Crippen LogP contribution in [0.4, 0.5) is 0 Å². The summed E-state index contributed by atoms with van der Waals surface area (Å²) in [5.74, 6) is 3.52. The van der Waals surface area contributed by atoms with Crippen molar-refractivity contribution in [1.82, 2.24) is 4.90 Å². The SMILES string of the molecule is SCN1CCSCC1. The first-order valence-corrected chi connectivity index (χ1v) is 4.63. The van der Waals surface area contributed by atoms with Gasteiger partial charge in [0.15, 0.2) is 0 Å². The molecule has 0 radical (unpaired) electrons. The van der Waals surface area contributed by atoms with Gasteiger partial charge < -0.3 is 0 Å². The molecule has 0 atom stereocenters. The van der Waals surface area contributed by atoms with Crippen molar-refractivity contribution in [2.75, 3.05) is 30.5 Å². The second kappa shape index (κ2) is 3.64. The number of thiol groups is 1. The molecule has 3 heteroatoms. The van der Waals surface area contributed by atoms with E-state index in [0.29, 0.717) is 0 Å². The fourth-order valence-electron chi connectivity index (χ4n) is 0.743. The van der Waals surface area contributed by atoms with Crippen molar-refractivity contribution < 1.29 is 0 Å². The van der Waals surface area contributed by atoms with Gasteiger partial charge in [0.1, 0.15) is 0 Å². The summed E-state index contributed by atoms with van der Waals surface area (Å²) in [6, 6.07) is 0. The predicted octanol–water partition coefficient (Wildman–Crippen LogP) is 0.923. The van der Waals surface area contributed by atoms with Crippen LogP contribution in [0.1, 0.15) is 0 Å². The molecule has 0 aromatic carbocycles. The lowest BCUT2D eigenvalue weighted by Crippen LogP contribution is -2.31. The van der Waals surface area contributed by atoms with Gasteiger partial charge >= 0.3 is 0 Å². The summed E-state index contributed by atoms with van der Waals surface area (Å²) in [6.07, 6.45) is 0. The lowest BCUT2D eigenvalue weighted by atomic mass is 10.6. The molecule has 1 aliphatic heterocycles. The first-order chi connectivity index (χ1) is 3.93. The van der Waals surface area contributed by atoms with Crippen molar-refractivity contribution in [2.45, 2.75) is 0 Å². The molecule has 1 rings (SSSR count). The van der Waals surface area contributed by atoms with E-state index < -0.39 is 0 Å². The first-order valence-electron chi connectivity index (χ1n) is 2.84. The Morgan fingerprint density at radius 1 is 1.38 bits per heavy atom. The van der Waals surface area contributed by atoms with Crippen LogP contribution in [0, 0.1) is 0 Å². The van der Waals surface area contributed by atoms with Crippen molar-refractivity contribution in [2.24, 2.45) is 0 Å². The lowest BCUT2D eigenvalue weighted by molar-refractivity contribution is 0.358. The maximum atomic E-state index is 4.18. The van der Waals surface area contributed by atoms with E-state index in [9.17, 15) is 0 Å². The standard InChI is InChI=1S/C5H11NS2/c7-5-6-1-3-8-4-2-6/h7H,1-5H2. The van der Waals surface area contributed by atoms with Crippen molar-refractivity contribution in [3.63, 3.8) is 0 Å². The fourth-order valence-corrected chi connectivity index (χ4v) is 2.00. The minimum absolute atomic E-state index is 0.931. The topological polar surface area (TPSA) is 3.24 Å². The molecule has 0 aliphatic carbocycles. The zero-order valence-corrected chi connectivity index (χ0v) is 6.55. The monoisotopic (exact) mass is 149 g/mol. The Morgan fingerprint density at radius 3 is 2.38 bits per heavy atom. The van der Waals surface area contributed by atoms with Crippen LogP contribution in [0.2, 0.25) is 0 Å². The Morgan fingerprint density at radius 2 is 2.00 bits per heavy atom. The first kappa shape index (κ1) is 6.78. The van der Waals surface area contributed by atoms with Gasteiger partial charge in [0.2, 0.25) is 0 Å². The second-order valence-corrected chi connectivity index (χ2v) is 3.38. The summed E-state index contributed by atoms with van der Waals surface area (Å²) in [6.45, 7) is 2.46.